The van der Waals surface area contributed by atoms with Gasteiger partial charge in [-0.25, -0.2) is 4.98 Å². The van der Waals surface area contributed by atoms with Gasteiger partial charge in [0.25, 0.3) is 0 Å². The lowest BCUT2D eigenvalue weighted by Crippen LogP contribution is -2.29. The van der Waals surface area contributed by atoms with Crippen molar-refractivity contribution in [1.29, 1.82) is 0 Å². The van der Waals surface area contributed by atoms with E-state index in [1.807, 2.05) is 12.1 Å². The molecule has 1 saturated heterocycles. The smallest absolute Gasteiger partial charge is 0.185 e. The highest BCUT2D eigenvalue weighted by Gasteiger charge is 2.15. The maximum absolute atomic E-state index is 6.23. The summed E-state index contributed by atoms with van der Waals surface area (Å²) in [5.41, 5.74) is 1.89. The molecule has 1 fully saturated rings. The van der Waals surface area contributed by atoms with Gasteiger partial charge in [0, 0.05) is 29.1 Å². The number of benzene rings is 1. The summed E-state index contributed by atoms with van der Waals surface area (Å²) in [5, 5.41) is 4.47. The predicted octanol–water partition coefficient (Wildman–Crippen LogP) is 5.11. The molecule has 19 heavy (non-hydrogen) atoms. The van der Waals surface area contributed by atoms with Crippen molar-refractivity contribution in [2.24, 2.45) is 0 Å². The summed E-state index contributed by atoms with van der Waals surface area (Å²) in [4.78, 5) is 7.07. The molecule has 5 heteroatoms. The maximum Gasteiger partial charge on any atom is 0.185 e. The first kappa shape index (κ1) is 13.2. The van der Waals surface area contributed by atoms with Gasteiger partial charge in [0.2, 0.25) is 0 Å². The molecule has 1 aromatic heterocycles. The minimum absolute atomic E-state index is 0.653. The Labute approximate surface area is 127 Å². The Hall–Kier alpha value is -0.770. The zero-order valence-corrected chi connectivity index (χ0v) is 12.7. The van der Waals surface area contributed by atoms with Gasteiger partial charge in [0.05, 0.1) is 10.7 Å². The monoisotopic (exact) mass is 312 g/mol. The second-order valence-corrected chi connectivity index (χ2v) is 6.37. The van der Waals surface area contributed by atoms with Crippen molar-refractivity contribution in [2.75, 3.05) is 18.0 Å². The summed E-state index contributed by atoms with van der Waals surface area (Å²) in [5.74, 6) is 0. The number of hydrogen-bond acceptors (Lipinski definition) is 3. The number of piperidine rings is 1. The van der Waals surface area contributed by atoms with Crippen molar-refractivity contribution < 1.29 is 0 Å². The molecule has 0 amide bonds. The van der Waals surface area contributed by atoms with Gasteiger partial charge in [-0.2, -0.15) is 0 Å². The van der Waals surface area contributed by atoms with E-state index in [0.29, 0.717) is 10.0 Å². The highest BCUT2D eigenvalue weighted by Crippen LogP contribution is 2.34. The van der Waals surface area contributed by atoms with Crippen molar-refractivity contribution in [1.82, 2.24) is 4.98 Å². The van der Waals surface area contributed by atoms with Crippen LogP contribution in [0.1, 0.15) is 19.3 Å². The molecule has 1 aromatic carbocycles. The van der Waals surface area contributed by atoms with E-state index in [9.17, 15) is 0 Å². The van der Waals surface area contributed by atoms with E-state index >= 15 is 0 Å². The maximum atomic E-state index is 6.23. The molecule has 2 aromatic rings. The van der Waals surface area contributed by atoms with Crippen molar-refractivity contribution in [3.63, 3.8) is 0 Å². The fourth-order valence-electron chi connectivity index (χ4n) is 2.32. The second kappa shape index (κ2) is 5.70. The topological polar surface area (TPSA) is 16.1 Å². The van der Waals surface area contributed by atoms with Crippen molar-refractivity contribution >= 4 is 39.7 Å². The van der Waals surface area contributed by atoms with Crippen LogP contribution in [0.25, 0.3) is 11.3 Å². The van der Waals surface area contributed by atoms with Gasteiger partial charge in [-0.3, -0.25) is 0 Å². The van der Waals surface area contributed by atoms with Gasteiger partial charge in [-0.15, -0.1) is 11.3 Å². The van der Waals surface area contributed by atoms with Gasteiger partial charge in [0.15, 0.2) is 5.13 Å². The Morgan fingerprint density at radius 1 is 1.11 bits per heavy atom. The summed E-state index contributed by atoms with van der Waals surface area (Å²) in [6, 6.07) is 5.54. The van der Waals surface area contributed by atoms with E-state index < -0.39 is 0 Å². The van der Waals surface area contributed by atoms with Gasteiger partial charge >= 0.3 is 0 Å². The fraction of sp³-hybridized carbons (Fsp3) is 0.357. The van der Waals surface area contributed by atoms with Crippen LogP contribution >= 0.6 is 34.5 Å². The van der Waals surface area contributed by atoms with Gasteiger partial charge in [0.1, 0.15) is 0 Å². The first-order chi connectivity index (χ1) is 9.24. The molecule has 1 aliphatic rings. The number of nitrogens with zero attached hydrogens (tertiary/aromatic N) is 2. The van der Waals surface area contributed by atoms with Gasteiger partial charge in [-0.05, 0) is 37.5 Å². The largest absolute Gasteiger partial charge is 0.348 e. The number of hydrogen-bond donors (Lipinski definition) is 0. The first-order valence-electron chi connectivity index (χ1n) is 6.40. The average Bonchev–Trinajstić information content (AvgIpc) is 2.89. The highest BCUT2D eigenvalue weighted by atomic mass is 35.5. The fourth-order valence-corrected chi connectivity index (χ4v) is 3.70. The molecule has 2 heterocycles. The zero-order chi connectivity index (χ0) is 13.2. The molecule has 100 valence electrons. The molecule has 0 bridgehead atoms. The lowest BCUT2D eigenvalue weighted by Gasteiger charge is -2.25. The Morgan fingerprint density at radius 3 is 2.63 bits per heavy atom. The van der Waals surface area contributed by atoms with Crippen molar-refractivity contribution in [2.45, 2.75) is 19.3 Å². The molecule has 0 aliphatic carbocycles. The highest BCUT2D eigenvalue weighted by molar-refractivity contribution is 7.14. The van der Waals surface area contributed by atoms with Crippen LogP contribution in [0, 0.1) is 0 Å². The third-order valence-corrected chi connectivity index (χ3v) is 4.77. The molecule has 0 saturated carbocycles. The zero-order valence-electron chi connectivity index (χ0n) is 10.4. The number of anilines is 1. The van der Waals surface area contributed by atoms with Crippen LogP contribution in [0.4, 0.5) is 5.13 Å². The Kier molecular flexibility index (Phi) is 3.96. The van der Waals surface area contributed by atoms with Crippen molar-refractivity contribution in [3.8, 4) is 11.3 Å². The normalized spacial score (nSPS) is 15.8. The third-order valence-electron chi connectivity index (χ3n) is 3.33. The Balaban J connectivity index is 1.87. The summed E-state index contributed by atoms with van der Waals surface area (Å²) < 4.78 is 0. The second-order valence-electron chi connectivity index (χ2n) is 4.69. The molecule has 0 atom stereocenters. The van der Waals surface area contributed by atoms with Crippen LogP contribution in [0.2, 0.25) is 10.0 Å². The number of aromatic nitrogens is 1. The summed E-state index contributed by atoms with van der Waals surface area (Å²) in [6.07, 6.45) is 3.85. The first-order valence-corrected chi connectivity index (χ1v) is 8.03. The van der Waals surface area contributed by atoms with Crippen LogP contribution < -0.4 is 4.90 Å². The van der Waals surface area contributed by atoms with Crippen LogP contribution in [0.3, 0.4) is 0 Å². The van der Waals surface area contributed by atoms with Crippen LogP contribution in [0.15, 0.2) is 23.6 Å². The van der Waals surface area contributed by atoms with Gasteiger partial charge < -0.3 is 4.90 Å². The molecule has 3 rings (SSSR count). The molecule has 1 aliphatic heterocycles. The predicted molar refractivity (Wildman–Crippen MR) is 83.6 cm³/mol. The SMILES string of the molecule is Clc1ccc(-c2csc(N3CCCCC3)n2)c(Cl)c1. The van der Waals surface area contributed by atoms with E-state index in [-0.39, 0.29) is 0 Å². The Morgan fingerprint density at radius 2 is 1.89 bits per heavy atom. The van der Waals surface area contributed by atoms with Gasteiger partial charge in [-0.1, -0.05) is 23.2 Å². The van der Waals surface area contributed by atoms with E-state index in [0.717, 1.165) is 29.5 Å². The molecular formula is C14H14Cl2N2S. The standard InChI is InChI=1S/C14H14Cl2N2S/c15-10-4-5-11(12(16)8-10)13-9-19-14(17-13)18-6-2-1-3-7-18/h4-5,8-9H,1-3,6-7H2. The van der Waals surface area contributed by atoms with E-state index in [4.69, 9.17) is 28.2 Å². The van der Waals surface area contributed by atoms with E-state index in [1.54, 1.807) is 17.4 Å². The van der Waals surface area contributed by atoms with Crippen LogP contribution in [0.5, 0.6) is 0 Å². The summed E-state index contributed by atoms with van der Waals surface area (Å²) in [7, 11) is 0. The molecule has 0 radical (unpaired) electrons. The number of rotatable bonds is 2. The van der Waals surface area contributed by atoms with E-state index in [1.165, 1.54) is 19.3 Å². The number of halogens is 2. The number of thiazole rings is 1. The van der Waals surface area contributed by atoms with E-state index in [2.05, 4.69) is 10.3 Å². The molecule has 0 N–H and O–H groups in total. The third kappa shape index (κ3) is 2.88. The molecule has 2 nitrogen and oxygen atoms in total. The minimum atomic E-state index is 0.653. The molecule has 0 unspecified atom stereocenters. The lowest BCUT2D eigenvalue weighted by molar-refractivity contribution is 0.577. The quantitative estimate of drug-likeness (QED) is 0.766. The van der Waals surface area contributed by atoms with Crippen LogP contribution in [-0.2, 0) is 0 Å². The van der Waals surface area contributed by atoms with Crippen molar-refractivity contribution in [3.05, 3.63) is 33.6 Å². The van der Waals surface area contributed by atoms with Crippen LogP contribution in [-0.4, -0.2) is 18.1 Å². The molecular weight excluding hydrogens is 299 g/mol. The Bertz CT molecular complexity index is 577. The average molecular weight is 313 g/mol. The minimum Gasteiger partial charge on any atom is -0.348 e. The summed E-state index contributed by atoms with van der Waals surface area (Å²) >= 11 is 13.8. The molecule has 0 spiro atoms. The lowest BCUT2D eigenvalue weighted by atomic mass is 10.1. The summed E-state index contributed by atoms with van der Waals surface area (Å²) in [6.45, 7) is 2.22.